The van der Waals surface area contributed by atoms with Gasteiger partial charge in [-0.15, -0.1) is 13.2 Å². The molecule has 0 spiro atoms. The van der Waals surface area contributed by atoms with Gasteiger partial charge in [-0.25, -0.2) is 4.39 Å². The third-order valence-corrected chi connectivity index (χ3v) is 4.00. The summed E-state index contributed by atoms with van der Waals surface area (Å²) < 4.78 is 13.7. The molecule has 1 aromatic rings. The molecule has 16 heavy (non-hydrogen) atoms. The molecule has 0 amide bonds. The van der Waals surface area contributed by atoms with Crippen molar-refractivity contribution in [3.8, 4) is 0 Å². The summed E-state index contributed by atoms with van der Waals surface area (Å²) in [6.07, 6.45) is 3.51. The van der Waals surface area contributed by atoms with Crippen molar-refractivity contribution in [2.45, 2.75) is 4.90 Å². The van der Waals surface area contributed by atoms with Gasteiger partial charge in [-0.2, -0.15) is 0 Å². The highest BCUT2D eigenvalue weighted by molar-refractivity contribution is 14.2. The van der Waals surface area contributed by atoms with Gasteiger partial charge in [0.2, 0.25) is 0 Å². The maximum Gasteiger partial charge on any atom is 0.146 e. The molecule has 0 aliphatic heterocycles. The number of nitrogens with zero attached hydrogens (tertiary/aromatic N) is 1. The smallest absolute Gasteiger partial charge is 0.146 e. The fourth-order valence-electron chi connectivity index (χ4n) is 1.37. The van der Waals surface area contributed by atoms with Gasteiger partial charge in [-0.1, -0.05) is 21.1 Å². The molecule has 0 heterocycles. The number of rotatable bonds is 6. The Morgan fingerprint density at radius 1 is 1.31 bits per heavy atom. The first-order valence-electron chi connectivity index (χ1n) is 4.77. The first-order valence-corrected chi connectivity index (χ1v) is 8.13. The van der Waals surface area contributed by atoms with Gasteiger partial charge in [-0.05, 0) is 18.2 Å². The van der Waals surface area contributed by atoms with Crippen LogP contribution in [-0.2, 0) is 0 Å². The number of hydrogen-bond acceptors (Lipinski definition) is 2. The first kappa shape index (κ1) is 13.6. The molecule has 0 radical (unpaired) electrons. The van der Waals surface area contributed by atoms with Crippen molar-refractivity contribution in [1.82, 2.24) is 0 Å². The Balaban J connectivity index is 3.05. The average molecular weight is 349 g/mol. The van der Waals surface area contributed by atoms with E-state index >= 15 is 0 Å². The predicted octanol–water partition coefficient (Wildman–Crippen LogP) is 4.45. The summed E-state index contributed by atoms with van der Waals surface area (Å²) >= 11 is 2.18. The van der Waals surface area contributed by atoms with Crippen LogP contribution in [-0.4, -0.2) is 13.1 Å². The summed E-state index contributed by atoms with van der Waals surface area (Å²) in [6, 6.07) is 5.12. The molecule has 0 aliphatic carbocycles. The van der Waals surface area contributed by atoms with E-state index in [0.29, 0.717) is 18.8 Å². The minimum atomic E-state index is -0.210. The quantitative estimate of drug-likeness (QED) is 0.552. The highest BCUT2D eigenvalue weighted by Gasteiger charge is 2.09. The van der Waals surface area contributed by atoms with Gasteiger partial charge >= 0.3 is 0 Å². The second kappa shape index (κ2) is 6.96. The van der Waals surface area contributed by atoms with Crippen molar-refractivity contribution >= 4 is 35.8 Å². The lowest BCUT2D eigenvalue weighted by atomic mass is 10.2. The van der Waals surface area contributed by atoms with E-state index < -0.39 is 0 Å². The van der Waals surface area contributed by atoms with Crippen LogP contribution in [0.3, 0.4) is 0 Å². The standard InChI is InChI=1S/C12H13FINS/c1-3-7-15(8-4-2)12-9-10(16-14)5-6-11(12)13/h3-6,9H,1-2,7-8H2. The highest BCUT2D eigenvalue weighted by Crippen LogP contribution is 2.30. The van der Waals surface area contributed by atoms with Crippen molar-refractivity contribution in [3.63, 3.8) is 0 Å². The summed E-state index contributed by atoms with van der Waals surface area (Å²) in [7, 11) is 1.57. The van der Waals surface area contributed by atoms with Gasteiger partial charge in [0.25, 0.3) is 0 Å². The van der Waals surface area contributed by atoms with Crippen LogP contribution in [0, 0.1) is 5.82 Å². The van der Waals surface area contributed by atoms with Crippen molar-refractivity contribution in [1.29, 1.82) is 0 Å². The molecule has 1 nitrogen and oxygen atoms in total. The molecule has 86 valence electrons. The predicted molar refractivity (Wildman–Crippen MR) is 78.9 cm³/mol. The van der Waals surface area contributed by atoms with E-state index in [-0.39, 0.29) is 5.82 Å². The molecule has 0 unspecified atom stereocenters. The number of hydrogen-bond donors (Lipinski definition) is 0. The minimum absolute atomic E-state index is 0.210. The van der Waals surface area contributed by atoms with E-state index in [2.05, 4.69) is 34.4 Å². The minimum Gasteiger partial charge on any atom is -0.362 e. The second-order valence-electron chi connectivity index (χ2n) is 3.17. The van der Waals surface area contributed by atoms with E-state index in [1.54, 1.807) is 27.2 Å². The molecule has 4 heteroatoms. The van der Waals surface area contributed by atoms with Gasteiger partial charge < -0.3 is 4.90 Å². The van der Waals surface area contributed by atoms with E-state index in [1.807, 2.05) is 11.0 Å². The summed E-state index contributed by atoms with van der Waals surface area (Å²) in [5.41, 5.74) is 0.599. The van der Waals surface area contributed by atoms with Gasteiger partial charge in [0.1, 0.15) is 5.82 Å². The number of halogens is 2. The van der Waals surface area contributed by atoms with Crippen LogP contribution in [0.4, 0.5) is 10.1 Å². The van der Waals surface area contributed by atoms with Crippen molar-refractivity contribution in [3.05, 3.63) is 49.3 Å². The molecule has 1 rings (SSSR count). The Labute approximate surface area is 112 Å². The van der Waals surface area contributed by atoms with Crippen molar-refractivity contribution < 1.29 is 4.39 Å². The summed E-state index contributed by atoms with van der Waals surface area (Å²) in [6.45, 7) is 8.57. The van der Waals surface area contributed by atoms with Crippen LogP contribution in [0.2, 0.25) is 0 Å². The topological polar surface area (TPSA) is 3.24 Å². The van der Waals surface area contributed by atoms with Crippen LogP contribution in [0.15, 0.2) is 48.4 Å². The Bertz CT molecular complexity index is 371. The lowest BCUT2D eigenvalue weighted by molar-refractivity contribution is 0.621. The maximum absolute atomic E-state index is 13.7. The average Bonchev–Trinajstić information content (AvgIpc) is 2.29. The van der Waals surface area contributed by atoms with Gasteiger partial charge in [0.15, 0.2) is 0 Å². The van der Waals surface area contributed by atoms with Crippen LogP contribution in [0.25, 0.3) is 0 Å². The summed E-state index contributed by atoms with van der Waals surface area (Å²) in [5, 5.41) is 0. The Hall–Kier alpha value is -0.490. The molecule has 0 saturated carbocycles. The van der Waals surface area contributed by atoms with Crippen LogP contribution < -0.4 is 4.90 Å². The van der Waals surface area contributed by atoms with E-state index in [0.717, 1.165) is 4.90 Å². The summed E-state index contributed by atoms with van der Waals surface area (Å²) in [4.78, 5) is 2.93. The zero-order valence-electron chi connectivity index (χ0n) is 8.83. The molecule has 1 aromatic carbocycles. The van der Waals surface area contributed by atoms with Gasteiger partial charge in [0, 0.05) is 39.2 Å². The zero-order chi connectivity index (χ0) is 12.0. The molecule has 0 aliphatic rings. The first-order chi connectivity index (χ1) is 7.72. The molecular weight excluding hydrogens is 336 g/mol. The number of anilines is 1. The molecule has 0 saturated heterocycles. The molecule has 0 bridgehead atoms. The fourth-order valence-corrected chi connectivity index (χ4v) is 2.46. The Morgan fingerprint density at radius 3 is 2.44 bits per heavy atom. The SMILES string of the molecule is C=CCN(CC=C)c1cc(SI)ccc1F. The third-order valence-electron chi connectivity index (χ3n) is 2.05. The molecular formula is C12H13FINS. The van der Waals surface area contributed by atoms with Crippen molar-refractivity contribution in [2.75, 3.05) is 18.0 Å². The monoisotopic (exact) mass is 349 g/mol. The number of benzene rings is 1. The molecule has 0 atom stereocenters. The van der Waals surface area contributed by atoms with E-state index in [1.165, 1.54) is 6.07 Å². The highest BCUT2D eigenvalue weighted by atomic mass is 127. The maximum atomic E-state index is 13.7. The summed E-state index contributed by atoms with van der Waals surface area (Å²) in [5.74, 6) is -0.210. The van der Waals surface area contributed by atoms with Crippen LogP contribution >= 0.6 is 30.1 Å². The molecule has 0 aromatic heterocycles. The second-order valence-corrected chi connectivity index (χ2v) is 5.12. The van der Waals surface area contributed by atoms with E-state index in [4.69, 9.17) is 0 Å². The lowest BCUT2D eigenvalue weighted by Gasteiger charge is -2.22. The zero-order valence-corrected chi connectivity index (χ0v) is 11.8. The molecule has 0 fully saturated rings. The fraction of sp³-hybridized carbons (Fsp3) is 0.167. The van der Waals surface area contributed by atoms with Crippen molar-refractivity contribution in [2.24, 2.45) is 0 Å². The van der Waals surface area contributed by atoms with Crippen LogP contribution in [0.1, 0.15) is 0 Å². The molecule has 0 N–H and O–H groups in total. The van der Waals surface area contributed by atoms with Crippen LogP contribution in [0.5, 0.6) is 0 Å². The Morgan fingerprint density at radius 2 is 1.94 bits per heavy atom. The largest absolute Gasteiger partial charge is 0.362 e. The normalized spacial score (nSPS) is 9.88. The third kappa shape index (κ3) is 3.52. The van der Waals surface area contributed by atoms with Gasteiger partial charge in [0.05, 0.1) is 5.69 Å². The van der Waals surface area contributed by atoms with Gasteiger partial charge in [-0.3, -0.25) is 0 Å². The lowest BCUT2D eigenvalue weighted by Crippen LogP contribution is -2.24. The Kier molecular flexibility index (Phi) is 5.90. The van der Waals surface area contributed by atoms with E-state index in [9.17, 15) is 4.39 Å².